The molecule has 0 amide bonds. The fourth-order valence-corrected chi connectivity index (χ4v) is 2.83. The fourth-order valence-electron chi connectivity index (χ4n) is 2.83. The van der Waals surface area contributed by atoms with Gasteiger partial charge in [0.25, 0.3) is 0 Å². The maximum absolute atomic E-state index is 2.49. The number of fused-ring (bicyclic) bond motifs is 2. The molecule has 0 heteroatoms. The van der Waals surface area contributed by atoms with Crippen LogP contribution in [0.15, 0.2) is 24.3 Å². The predicted molar refractivity (Wildman–Crippen MR) is 62.1 cm³/mol. The number of allylic oxidation sites excluding steroid dienone is 4. The molecule has 2 aliphatic rings. The summed E-state index contributed by atoms with van der Waals surface area (Å²) in [5.41, 5.74) is 0. The van der Waals surface area contributed by atoms with E-state index in [2.05, 4.69) is 31.2 Å². The first-order chi connectivity index (χ1) is 6.90. The van der Waals surface area contributed by atoms with E-state index in [1.165, 1.54) is 38.5 Å². The SMILES string of the molecule is CCCCCC=CC1CC2C=CC1C2. The maximum Gasteiger partial charge on any atom is -0.0165 e. The Morgan fingerprint density at radius 2 is 2.14 bits per heavy atom. The van der Waals surface area contributed by atoms with Gasteiger partial charge in [-0.25, -0.2) is 0 Å². The van der Waals surface area contributed by atoms with Gasteiger partial charge in [0.1, 0.15) is 0 Å². The molecule has 0 N–H and O–H groups in total. The Morgan fingerprint density at radius 3 is 2.79 bits per heavy atom. The molecule has 0 aromatic heterocycles. The predicted octanol–water partition coefficient (Wildman–Crippen LogP) is 4.34. The third kappa shape index (κ3) is 2.29. The van der Waals surface area contributed by atoms with Crippen LogP contribution in [0.4, 0.5) is 0 Å². The largest absolute Gasteiger partial charge is 0.0882 e. The van der Waals surface area contributed by atoms with Gasteiger partial charge < -0.3 is 0 Å². The summed E-state index contributed by atoms with van der Waals surface area (Å²) < 4.78 is 0. The van der Waals surface area contributed by atoms with Gasteiger partial charge >= 0.3 is 0 Å². The highest BCUT2D eigenvalue weighted by atomic mass is 14.4. The first-order valence-electron chi connectivity index (χ1n) is 6.25. The van der Waals surface area contributed by atoms with E-state index in [0.717, 1.165) is 17.8 Å². The molecule has 0 saturated heterocycles. The molecule has 2 bridgehead atoms. The van der Waals surface area contributed by atoms with E-state index < -0.39 is 0 Å². The van der Waals surface area contributed by atoms with Crippen LogP contribution in [0.2, 0.25) is 0 Å². The van der Waals surface area contributed by atoms with Crippen molar-refractivity contribution < 1.29 is 0 Å². The van der Waals surface area contributed by atoms with E-state index >= 15 is 0 Å². The van der Waals surface area contributed by atoms with Gasteiger partial charge in [-0.1, -0.05) is 44.1 Å². The lowest BCUT2D eigenvalue weighted by molar-refractivity contribution is 0.547. The number of unbranched alkanes of at least 4 members (excludes halogenated alkanes) is 3. The molecular formula is C14H22. The van der Waals surface area contributed by atoms with Gasteiger partial charge in [-0.15, -0.1) is 0 Å². The topological polar surface area (TPSA) is 0 Å². The summed E-state index contributed by atoms with van der Waals surface area (Å²) in [6, 6.07) is 0. The van der Waals surface area contributed by atoms with Gasteiger partial charge in [-0.3, -0.25) is 0 Å². The zero-order valence-corrected chi connectivity index (χ0v) is 9.28. The first-order valence-corrected chi connectivity index (χ1v) is 6.25. The summed E-state index contributed by atoms with van der Waals surface area (Å²) in [7, 11) is 0. The maximum atomic E-state index is 2.49. The van der Waals surface area contributed by atoms with Crippen LogP contribution >= 0.6 is 0 Å². The van der Waals surface area contributed by atoms with E-state index in [1.54, 1.807) is 0 Å². The Bertz CT molecular complexity index is 224. The van der Waals surface area contributed by atoms with Gasteiger partial charge in [-0.05, 0) is 43.4 Å². The molecule has 2 rings (SSSR count). The van der Waals surface area contributed by atoms with Crippen molar-refractivity contribution in [2.45, 2.75) is 45.4 Å². The quantitative estimate of drug-likeness (QED) is 0.447. The highest BCUT2D eigenvalue weighted by molar-refractivity contribution is 5.14. The molecule has 3 unspecified atom stereocenters. The summed E-state index contributed by atoms with van der Waals surface area (Å²) in [6.07, 6.45) is 18.0. The molecule has 0 radical (unpaired) electrons. The van der Waals surface area contributed by atoms with Crippen molar-refractivity contribution in [1.82, 2.24) is 0 Å². The summed E-state index contributed by atoms with van der Waals surface area (Å²) in [4.78, 5) is 0. The summed E-state index contributed by atoms with van der Waals surface area (Å²) in [5, 5.41) is 0. The Labute approximate surface area is 88.1 Å². The smallest absolute Gasteiger partial charge is 0.0165 e. The van der Waals surface area contributed by atoms with Crippen LogP contribution in [0.5, 0.6) is 0 Å². The van der Waals surface area contributed by atoms with Gasteiger partial charge in [0.2, 0.25) is 0 Å². The summed E-state index contributed by atoms with van der Waals surface area (Å²) >= 11 is 0. The molecular weight excluding hydrogens is 168 g/mol. The van der Waals surface area contributed by atoms with Crippen molar-refractivity contribution in [3.63, 3.8) is 0 Å². The molecule has 78 valence electrons. The zero-order chi connectivity index (χ0) is 9.80. The first kappa shape index (κ1) is 10.0. The molecule has 1 saturated carbocycles. The number of hydrogen-bond acceptors (Lipinski definition) is 0. The van der Waals surface area contributed by atoms with Crippen LogP contribution in [0.3, 0.4) is 0 Å². The van der Waals surface area contributed by atoms with Crippen molar-refractivity contribution in [1.29, 1.82) is 0 Å². The molecule has 1 fully saturated rings. The molecule has 0 spiro atoms. The third-order valence-corrected chi connectivity index (χ3v) is 3.69. The van der Waals surface area contributed by atoms with E-state index in [4.69, 9.17) is 0 Å². The lowest BCUT2D eigenvalue weighted by Crippen LogP contribution is -2.02. The van der Waals surface area contributed by atoms with E-state index in [0.29, 0.717) is 0 Å². The Hall–Kier alpha value is -0.520. The summed E-state index contributed by atoms with van der Waals surface area (Å²) in [6.45, 7) is 2.27. The molecule has 0 aliphatic heterocycles. The molecule has 2 aliphatic carbocycles. The van der Waals surface area contributed by atoms with Crippen molar-refractivity contribution in [2.24, 2.45) is 17.8 Å². The van der Waals surface area contributed by atoms with E-state index in [-0.39, 0.29) is 0 Å². The highest BCUT2D eigenvalue weighted by Gasteiger charge is 2.33. The second kappa shape index (κ2) is 4.82. The van der Waals surface area contributed by atoms with Crippen LogP contribution in [0.25, 0.3) is 0 Å². The van der Waals surface area contributed by atoms with Crippen LogP contribution in [0.1, 0.15) is 45.4 Å². The van der Waals surface area contributed by atoms with Crippen LogP contribution < -0.4 is 0 Å². The van der Waals surface area contributed by atoms with Crippen molar-refractivity contribution in [2.75, 3.05) is 0 Å². The van der Waals surface area contributed by atoms with Gasteiger partial charge in [0.05, 0.1) is 0 Å². The van der Waals surface area contributed by atoms with E-state index in [9.17, 15) is 0 Å². The van der Waals surface area contributed by atoms with Crippen LogP contribution in [-0.4, -0.2) is 0 Å². The molecule has 14 heavy (non-hydrogen) atoms. The van der Waals surface area contributed by atoms with Gasteiger partial charge in [0.15, 0.2) is 0 Å². The minimum absolute atomic E-state index is 0.881. The van der Waals surface area contributed by atoms with Gasteiger partial charge in [-0.2, -0.15) is 0 Å². The Balaban J connectivity index is 1.68. The van der Waals surface area contributed by atoms with E-state index in [1.807, 2.05) is 0 Å². The molecule has 0 heterocycles. The second-order valence-corrected chi connectivity index (χ2v) is 4.87. The average molecular weight is 190 g/mol. The number of rotatable bonds is 5. The fraction of sp³-hybridized carbons (Fsp3) is 0.714. The zero-order valence-electron chi connectivity index (χ0n) is 9.28. The second-order valence-electron chi connectivity index (χ2n) is 4.87. The lowest BCUT2D eigenvalue weighted by atomic mass is 9.93. The lowest BCUT2D eigenvalue weighted by Gasteiger charge is -2.12. The molecule has 3 atom stereocenters. The molecule has 0 nitrogen and oxygen atoms in total. The van der Waals surface area contributed by atoms with Crippen LogP contribution in [0, 0.1) is 17.8 Å². The Kier molecular flexibility index (Phi) is 3.44. The molecule has 0 aromatic carbocycles. The highest BCUT2D eigenvalue weighted by Crippen LogP contribution is 2.43. The average Bonchev–Trinajstić information content (AvgIpc) is 2.79. The molecule has 0 aromatic rings. The van der Waals surface area contributed by atoms with Crippen LogP contribution in [-0.2, 0) is 0 Å². The van der Waals surface area contributed by atoms with Crippen molar-refractivity contribution in [3.05, 3.63) is 24.3 Å². The Morgan fingerprint density at radius 1 is 1.21 bits per heavy atom. The van der Waals surface area contributed by atoms with Gasteiger partial charge in [0, 0.05) is 0 Å². The summed E-state index contributed by atoms with van der Waals surface area (Å²) in [5.74, 6) is 2.69. The third-order valence-electron chi connectivity index (χ3n) is 3.69. The minimum Gasteiger partial charge on any atom is -0.0882 e. The standard InChI is InChI=1S/C14H22/c1-2-3-4-5-6-7-13-10-12-8-9-14(13)11-12/h6-9,12-14H,2-5,10-11H2,1H3. The number of hydrogen-bond donors (Lipinski definition) is 0. The monoisotopic (exact) mass is 190 g/mol. The van der Waals surface area contributed by atoms with Crippen molar-refractivity contribution >= 4 is 0 Å². The minimum atomic E-state index is 0.881. The van der Waals surface area contributed by atoms with Crippen molar-refractivity contribution in [3.8, 4) is 0 Å². The normalized spacial score (nSPS) is 34.8.